The Balaban J connectivity index is 1.34. The molecule has 0 radical (unpaired) electrons. The number of aryl methyl sites for hydroxylation is 2. The molecule has 2 aliphatic rings. The van der Waals surface area contributed by atoms with Gasteiger partial charge in [-0.3, -0.25) is 4.57 Å². The van der Waals surface area contributed by atoms with Crippen LogP contribution in [-0.4, -0.2) is 32.7 Å². The summed E-state index contributed by atoms with van der Waals surface area (Å²) in [5.74, 6) is 0.355. The van der Waals surface area contributed by atoms with Crippen LogP contribution in [0.5, 0.6) is 11.8 Å². The molecular formula is C27H28N4O4S. The van der Waals surface area contributed by atoms with E-state index < -0.39 is 10.0 Å². The number of fused-ring (bicyclic) bond motifs is 2. The summed E-state index contributed by atoms with van der Waals surface area (Å²) in [6.45, 7) is 0.142. The van der Waals surface area contributed by atoms with Gasteiger partial charge in [-0.1, -0.05) is 48.5 Å². The molecule has 0 saturated heterocycles. The van der Waals surface area contributed by atoms with Gasteiger partial charge in [-0.15, -0.1) is 0 Å². The molecular weight excluding hydrogens is 476 g/mol. The predicted octanol–water partition coefficient (Wildman–Crippen LogP) is 3.53. The molecule has 3 N–H and O–H groups in total. The number of hydrogen-bond acceptors (Lipinski definition) is 5. The zero-order valence-electron chi connectivity index (χ0n) is 19.9. The van der Waals surface area contributed by atoms with Crippen LogP contribution in [-0.2, 0) is 42.9 Å². The van der Waals surface area contributed by atoms with Crippen molar-refractivity contribution in [3.63, 3.8) is 0 Å². The lowest BCUT2D eigenvalue weighted by Crippen LogP contribution is -2.27. The van der Waals surface area contributed by atoms with E-state index in [-0.39, 0.29) is 35.3 Å². The van der Waals surface area contributed by atoms with Crippen LogP contribution in [0.4, 0.5) is 0 Å². The summed E-state index contributed by atoms with van der Waals surface area (Å²) in [4.78, 5) is 3.96. The first-order valence-electron chi connectivity index (χ1n) is 12.1. The Morgan fingerprint density at radius 2 is 1.81 bits per heavy atom. The first kappa shape index (κ1) is 22.9. The Labute approximate surface area is 209 Å². The minimum absolute atomic E-state index is 0.00602. The summed E-state index contributed by atoms with van der Waals surface area (Å²) in [5.41, 5.74) is 6.04. The first-order chi connectivity index (χ1) is 17.3. The van der Waals surface area contributed by atoms with Crippen molar-refractivity contribution in [1.29, 1.82) is 0 Å². The van der Waals surface area contributed by atoms with Gasteiger partial charge in [0.25, 0.3) is 10.0 Å². The van der Waals surface area contributed by atoms with Gasteiger partial charge in [-0.2, -0.15) is 0 Å². The van der Waals surface area contributed by atoms with Gasteiger partial charge in [0, 0.05) is 49.3 Å². The van der Waals surface area contributed by atoms with Crippen LogP contribution in [0, 0.1) is 0 Å². The highest BCUT2D eigenvalue weighted by Crippen LogP contribution is 2.52. The van der Waals surface area contributed by atoms with Crippen molar-refractivity contribution < 1.29 is 18.6 Å². The number of imidazole rings is 1. The molecule has 0 saturated carbocycles. The quantitative estimate of drug-likeness (QED) is 0.314. The third-order valence-electron chi connectivity index (χ3n) is 7.43. The van der Waals surface area contributed by atoms with Crippen molar-refractivity contribution in [3.05, 3.63) is 94.4 Å². The number of benzene rings is 2. The van der Waals surface area contributed by atoms with E-state index in [4.69, 9.17) is 0 Å². The van der Waals surface area contributed by atoms with E-state index in [1.165, 1.54) is 23.7 Å². The van der Waals surface area contributed by atoms with Crippen LogP contribution in [0.25, 0.3) is 0 Å². The fraction of sp³-hybridized carbons (Fsp3) is 0.296. The molecule has 2 heterocycles. The molecule has 0 aliphatic heterocycles. The average Bonchev–Trinajstić information content (AvgIpc) is 3.49. The number of aromatic nitrogens is 3. The number of sulfonamides is 1. The minimum atomic E-state index is -3.73. The molecule has 36 heavy (non-hydrogen) atoms. The summed E-state index contributed by atoms with van der Waals surface area (Å²) in [7, 11) is -2.00. The summed E-state index contributed by atoms with van der Waals surface area (Å²) in [6, 6.07) is 16.2. The smallest absolute Gasteiger partial charge is 0.259 e. The van der Waals surface area contributed by atoms with Gasteiger partial charge in [0.15, 0.2) is 16.8 Å². The molecule has 2 unspecified atom stereocenters. The lowest BCUT2D eigenvalue weighted by molar-refractivity contribution is 0.279. The number of nitrogens with zero attached hydrogens (tertiary/aromatic N) is 3. The summed E-state index contributed by atoms with van der Waals surface area (Å²) < 4.78 is 31.3. The summed E-state index contributed by atoms with van der Waals surface area (Å²) in [6.07, 6.45) is 5.93. The van der Waals surface area contributed by atoms with Crippen molar-refractivity contribution in [1.82, 2.24) is 18.8 Å². The largest absolute Gasteiger partial charge is 0.494 e. The molecule has 4 aromatic rings. The van der Waals surface area contributed by atoms with Gasteiger partial charge >= 0.3 is 0 Å². The SMILES string of the molecule is Cn1cnc(S(=O)(=O)NCc2ccc3c(c2)C(Cc2ccccc2)C(n2c(O)c4c(c2O)C4)CC3)c1. The Hall–Kier alpha value is -3.56. The molecule has 2 atom stereocenters. The zero-order chi connectivity index (χ0) is 25.0. The number of aromatic hydroxyl groups is 2. The summed E-state index contributed by atoms with van der Waals surface area (Å²) in [5, 5.41) is 21.6. The minimum Gasteiger partial charge on any atom is -0.494 e. The van der Waals surface area contributed by atoms with Crippen molar-refractivity contribution >= 4 is 10.0 Å². The van der Waals surface area contributed by atoms with Gasteiger partial charge in [0.2, 0.25) is 0 Å². The van der Waals surface area contributed by atoms with E-state index >= 15 is 0 Å². The second-order valence-electron chi connectivity index (χ2n) is 9.79. The fourth-order valence-corrected chi connectivity index (χ4v) is 6.50. The lowest BCUT2D eigenvalue weighted by atomic mass is 9.75. The Morgan fingerprint density at radius 1 is 1.06 bits per heavy atom. The topological polar surface area (TPSA) is 109 Å². The molecule has 8 nitrogen and oxygen atoms in total. The highest BCUT2D eigenvalue weighted by Gasteiger charge is 2.40. The van der Waals surface area contributed by atoms with Crippen molar-refractivity contribution in [2.75, 3.05) is 0 Å². The van der Waals surface area contributed by atoms with Crippen LogP contribution in [0.15, 0.2) is 66.1 Å². The molecule has 6 rings (SSSR count). The van der Waals surface area contributed by atoms with Gasteiger partial charge in [0.05, 0.1) is 6.33 Å². The van der Waals surface area contributed by atoms with E-state index in [9.17, 15) is 18.6 Å². The van der Waals surface area contributed by atoms with Crippen molar-refractivity contribution in [2.24, 2.45) is 7.05 Å². The average molecular weight is 505 g/mol. The molecule has 0 amide bonds. The second kappa shape index (κ2) is 8.53. The Bertz CT molecular complexity index is 1530. The van der Waals surface area contributed by atoms with Gasteiger partial charge in [-0.05, 0) is 41.5 Å². The van der Waals surface area contributed by atoms with Crippen molar-refractivity contribution in [3.8, 4) is 11.8 Å². The van der Waals surface area contributed by atoms with Gasteiger partial charge < -0.3 is 14.8 Å². The maximum atomic E-state index is 12.7. The van der Waals surface area contributed by atoms with Gasteiger partial charge in [0.1, 0.15) is 0 Å². The van der Waals surface area contributed by atoms with Crippen molar-refractivity contribution in [2.45, 2.75) is 49.2 Å². The zero-order valence-corrected chi connectivity index (χ0v) is 20.7. The maximum Gasteiger partial charge on any atom is 0.259 e. The van der Waals surface area contributed by atoms with Crippen LogP contribution >= 0.6 is 0 Å². The molecule has 0 bridgehead atoms. The van der Waals surface area contributed by atoms with Crippen LogP contribution in [0.3, 0.4) is 0 Å². The molecule has 2 aromatic carbocycles. The van der Waals surface area contributed by atoms with Crippen LogP contribution in [0.1, 0.15) is 51.8 Å². The third kappa shape index (κ3) is 3.98. The summed E-state index contributed by atoms with van der Waals surface area (Å²) >= 11 is 0. The lowest BCUT2D eigenvalue weighted by Gasteiger charge is -2.36. The predicted molar refractivity (Wildman–Crippen MR) is 134 cm³/mol. The highest BCUT2D eigenvalue weighted by atomic mass is 32.2. The third-order valence-corrected chi connectivity index (χ3v) is 8.71. The number of rotatable bonds is 7. The molecule has 0 fully saturated rings. The normalized spacial score (nSPS) is 18.6. The van der Waals surface area contributed by atoms with E-state index in [0.717, 1.165) is 41.5 Å². The maximum absolute atomic E-state index is 12.7. The molecule has 2 aromatic heterocycles. The Morgan fingerprint density at radius 3 is 2.50 bits per heavy atom. The molecule has 2 aliphatic carbocycles. The van der Waals surface area contributed by atoms with E-state index in [1.807, 2.05) is 24.3 Å². The molecule has 0 spiro atoms. The number of hydrogen-bond donors (Lipinski definition) is 3. The molecule has 186 valence electrons. The van der Waals surface area contributed by atoms with Gasteiger partial charge in [-0.25, -0.2) is 18.1 Å². The van der Waals surface area contributed by atoms with Crippen LogP contribution in [0.2, 0.25) is 0 Å². The molecule has 9 heteroatoms. The second-order valence-corrected chi connectivity index (χ2v) is 11.5. The van der Waals surface area contributed by atoms with E-state index in [1.54, 1.807) is 16.2 Å². The Kier molecular flexibility index (Phi) is 5.42. The van der Waals surface area contributed by atoms with Crippen LogP contribution < -0.4 is 4.72 Å². The standard InChI is InChI=1S/C27H28N4O4S/c1-30-15-25(28-16-30)36(34,35)29-14-18-7-8-19-9-10-24(31-26(32)22-13-23(22)27(31)33)21(20(19)12-18)11-17-5-3-2-4-6-17/h2-8,12,15-16,21,24,29,32-33H,9-11,13-14H2,1H3. The monoisotopic (exact) mass is 504 g/mol. The first-order valence-corrected chi connectivity index (χ1v) is 13.6. The van der Waals surface area contributed by atoms with E-state index in [2.05, 4.69) is 34.0 Å². The fourth-order valence-electron chi connectivity index (χ4n) is 5.51. The van der Waals surface area contributed by atoms with E-state index in [0.29, 0.717) is 6.42 Å². The highest BCUT2D eigenvalue weighted by molar-refractivity contribution is 7.89. The number of nitrogens with one attached hydrogen (secondary N) is 1.